The lowest BCUT2D eigenvalue weighted by molar-refractivity contribution is -0.134. The third-order valence-corrected chi connectivity index (χ3v) is 2.52. The highest BCUT2D eigenvalue weighted by Gasteiger charge is 2.25. The highest BCUT2D eigenvalue weighted by atomic mass is 19.1. The van der Waals surface area contributed by atoms with Gasteiger partial charge < -0.3 is 5.11 Å². The van der Waals surface area contributed by atoms with E-state index in [1.54, 1.807) is 6.07 Å². The Kier molecular flexibility index (Phi) is 2.26. The van der Waals surface area contributed by atoms with Gasteiger partial charge in [-0.05, 0) is 30.0 Å². The fraction of sp³-hybridized carbons (Fsp3) is 0.182. The summed E-state index contributed by atoms with van der Waals surface area (Å²) in [5, 5.41) is 8.51. The molecule has 1 aliphatic rings. The molecule has 1 aromatic rings. The van der Waals surface area contributed by atoms with E-state index in [1.165, 1.54) is 12.1 Å². The smallest absolute Gasteiger partial charge is 0.365 e. The third kappa shape index (κ3) is 1.52. The van der Waals surface area contributed by atoms with Crippen molar-refractivity contribution in [2.24, 2.45) is 0 Å². The molecule has 1 aliphatic carbocycles. The summed E-state index contributed by atoms with van der Waals surface area (Å²) >= 11 is 0. The van der Waals surface area contributed by atoms with E-state index in [0.717, 1.165) is 0 Å². The van der Waals surface area contributed by atoms with Crippen molar-refractivity contribution in [3.8, 4) is 0 Å². The van der Waals surface area contributed by atoms with Crippen LogP contribution >= 0.6 is 0 Å². The average Bonchev–Trinajstić information content (AvgIpc) is 2.61. The van der Waals surface area contributed by atoms with Crippen molar-refractivity contribution in [3.63, 3.8) is 0 Å². The maximum Gasteiger partial charge on any atom is 0.365 e. The first-order valence-electron chi connectivity index (χ1n) is 4.51. The van der Waals surface area contributed by atoms with Crippen molar-refractivity contribution >= 4 is 11.5 Å². The number of allylic oxidation sites excluding steroid dienone is 1. The monoisotopic (exact) mass is 210 g/mol. The van der Waals surface area contributed by atoms with E-state index >= 15 is 0 Å². The molecule has 0 amide bonds. The van der Waals surface area contributed by atoms with E-state index in [1.807, 2.05) is 0 Å². The van der Waals surface area contributed by atoms with Crippen LogP contribution in [0.4, 0.5) is 8.78 Å². The van der Waals surface area contributed by atoms with Crippen LogP contribution in [0.2, 0.25) is 0 Å². The molecule has 1 N–H and O–H groups in total. The zero-order chi connectivity index (χ0) is 11.0. The molecular formula is C11H8F2O2. The Morgan fingerprint density at radius 2 is 2.07 bits per heavy atom. The summed E-state index contributed by atoms with van der Waals surface area (Å²) in [7, 11) is 0. The predicted molar refractivity (Wildman–Crippen MR) is 50.4 cm³/mol. The zero-order valence-corrected chi connectivity index (χ0v) is 7.76. The lowest BCUT2D eigenvalue weighted by Gasteiger charge is -2.01. The molecule has 0 saturated carbocycles. The lowest BCUT2D eigenvalue weighted by atomic mass is 10.1. The Balaban J connectivity index is 2.59. The van der Waals surface area contributed by atoms with Crippen molar-refractivity contribution in [1.82, 2.24) is 0 Å². The number of carboxylic acid groups (broad SMARTS) is 1. The van der Waals surface area contributed by atoms with Gasteiger partial charge in [-0.3, -0.25) is 0 Å². The minimum atomic E-state index is -1.60. The molecule has 0 radical (unpaired) electrons. The van der Waals surface area contributed by atoms with Crippen molar-refractivity contribution in [2.45, 2.75) is 12.8 Å². The van der Waals surface area contributed by atoms with E-state index in [9.17, 15) is 13.6 Å². The molecule has 2 nitrogen and oxygen atoms in total. The number of carbonyl (C=O) groups is 1. The van der Waals surface area contributed by atoms with E-state index in [-0.39, 0.29) is 12.0 Å². The molecule has 0 aromatic heterocycles. The molecule has 0 atom stereocenters. The highest BCUT2D eigenvalue weighted by Crippen LogP contribution is 2.36. The molecule has 0 fully saturated rings. The van der Waals surface area contributed by atoms with Gasteiger partial charge in [0.1, 0.15) is 5.82 Å². The number of halogens is 2. The first kappa shape index (κ1) is 9.83. The Morgan fingerprint density at radius 1 is 1.33 bits per heavy atom. The van der Waals surface area contributed by atoms with Crippen LogP contribution in [0.25, 0.3) is 5.57 Å². The number of hydrogen-bond donors (Lipinski definition) is 1. The van der Waals surface area contributed by atoms with Crippen LogP contribution in [-0.2, 0) is 11.2 Å². The summed E-state index contributed by atoms with van der Waals surface area (Å²) < 4.78 is 26.4. The largest absolute Gasteiger partial charge is 0.476 e. The molecule has 0 spiro atoms. The predicted octanol–water partition coefficient (Wildman–Crippen LogP) is 2.54. The molecule has 1 aromatic carbocycles. The van der Waals surface area contributed by atoms with Gasteiger partial charge in [-0.25, -0.2) is 9.18 Å². The molecule has 0 aliphatic heterocycles. The summed E-state index contributed by atoms with van der Waals surface area (Å²) in [4.78, 5) is 10.5. The van der Waals surface area contributed by atoms with Crippen molar-refractivity contribution in [2.75, 3.05) is 0 Å². The van der Waals surface area contributed by atoms with Gasteiger partial charge in [-0.15, -0.1) is 0 Å². The first-order valence-corrected chi connectivity index (χ1v) is 4.51. The number of aliphatic carboxylic acids is 1. The molecule has 15 heavy (non-hydrogen) atoms. The Hall–Kier alpha value is -1.71. The molecule has 2 rings (SSSR count). The number of hydrogen-bond acceptors (Lipinski definition) is 1. The van der Waals surface area contributed by atoms with Crippen LogP contribution in [0.1, 0.15) is 17.5 Å². The summed E-state index contributed by atoms with van der Waals surface area (Å²) in [5.74, 6) is -3.18. The van der Waals surface area contributed by atoms with Crippen molar-refractivity contribution in [3.05, 3.63) is 41.0 Å². The van der Waals surface area contributed by atoms with Crippen molar-refractivity contribution in [1.29, 1.82) is 0 Å². The number of rotatable bonds is 1. The standard InChI is InChI=1S/C11H8F2O2/c12-9-3-1-2-6-7(9)4-5-8(6)10(13)11(14)15/h1-3H,4-5H2,(H,14,15)/b10-8+. The van der Waals surface area contributed by atoms with Crippen LogP contribution in [0, 0.1) is 5.82 Å². The maximum atomic E-state index is 13.2. The molecular weight excluding hydrogens is 202 g/mol. The van der Waals surface area contributed by atoms with E-state index in [0.29, 0.717) is 17.5 Å². The Morgan fingerprint density at radius 3 is 2.73 bits per heavy atom. The number of benzene rings is 1. The van der Waals surface area contributed by atoms with Gasteiger partial charge in [0.2, 0.25) is 5.83 Å². The summed E-state index contributed by atoms with van der Waals surface area (Å²) in [6, 6.07) is 4.29. The molecule has 0 bridgehead atoms. The van der Waals surface area contributed by atoms with Crippen LogP contribution in [0.15, 0.2) is 24.0 Å². The van der Waals surface area contributed by atoms with Crippen LogP contribution in [0.3, 0.4) is 0 Å². The number of fused-ring (bicyclic) bond motifs is 1. The maximum absolute atomic E-state index is 13.2. The topological polar surface area (TPSA) is 37.3 Å². The summed E-state index contributed by atoms with van der Waals surface area (Å²) in [6.45, 7) is 0. The minimum absolute atomic E-state index is 0.0944. The Bertz CT molecular complexity index is 464. The molecule has 78 valence electrons. The van der Waals surface area contributed by atoms with E-state index in [2.05, 4.69) is 0 Å². The fourth-order valence-electron chi connectivity index (χ4n) is 1.84. The van der Waals surface area contributed by atoms with E-state index in [4.69, 9.17) is 5.11 Å². The highest BCUT2D eigenvalue weighted by molar-refractivity contribution is 5.95. The average molecular weight is 210 g/mol. The second-order valence-corrected chi connectivity index (χ2v) is 3.36. The van der Waals surface area contributed by atoms with Gasteiger partial charge in [0.05, 0.1) is 0 Å². The van der Waals surface area contributed by atoms with E-state index < -0.39 is 17.6 Å². The number of carboxylic acids is 1. The second kappa shape index (κ2) is 3.46. The van der Waals surface area contributed by atoms with Gasteiger partial charge in [-0.2, -0.15) is 4.39 Å². The van der Waals surface area contributed by atoms with Gasteiger partial charge in [-0.1, -0.05) is 12.1 Å². The van der Waals surface area contributed by atoms with Gasteiger partial charge in [0.15, 0.2) is 0 Å². The Labute approximate surface area is 84.8 Å². The fourth-order valence-corrected chi connectivity index (χ4v) is 1.84. The summed E-state index contributed by atoms with van der Waals surface area (Å²) in [6.07, 6.45) is 0.604. The van der Waals surface area contributed by atoms with Gasteiger partial charge in [0, 0.05) is 5.57 Å². The van der Waals surface area contributed by atoms with Crippen LogP contribution in [-0.4, -0.2) is 11.1 Å². The molecule has 0 saturated heterocycles. The van der Waals surface area contributed by atoms with Gasteiger partial charge in [0.25, 0.3) is 0 Å². The van der Waals surface area contributed by atoms with Crippen LogP contribution in [0.5, 0.6) is 0 Å². The van der Waals surface area contributed by atoms with Gasteiger partial charge >= 0.3 is 5.97 Å². The SMILES string of the molecule is O=C(O)/C(F)=C1/CCc2c(F)cccc21. The second-order valence-electron chi connectivity index (χ2n) is 3.36. The normalized spacial score (nSPS) is 17.5. The van der Waals surface area contributed by atoms with Crippen molar-refractivity contribution < 1.29 is 18.7 Å². The molecule has 0 heterocycles. The first-order chi connectivity index (χ1) is 7.11. The summed E-state index contributed by atoms with van der Waals surface area (Å²) in [5.41, 5.74) is 0.885. The lowest BCUT2D eigenvalue weighted by Crippen LogP contribution is -1.98. The third-order valence-electron chi connectivity index (χ3n) is 2.52. The van der Waals surface area contributed by atoms with Crippen LogP contribution < -0.4 is 0 Å². The quantitative estimate of drug-likeness (QED) is 0.723. The molecule has 0 unspecified atom stereocenters. The zero-order valence-electron chi connectivity index (χ0n) is 7.76. The molecule has 4 heteroatoms. The minimum Gasteiger partial charge on any atom is -0.476 e.